The van der Waals surface area contributed by atoms with E-state index >= 15 is 0 Å². The molecule has 0 unspecified atom stereocenters. The molecule has 1 aromatic carbocycles. The van der Waals surface area contributed by atoms with Gasteiger partial charge in [-0.1, -0.05) is 25.4 Å². The number of anilines is 2. The van der Waals surface area contributed by atoms with E-state index in [1.165, 1.54) is 13.2 Å². The number of hydrogen-bond acceptors (Lipinski definition) is 6. The molecule has 0 saturated carbocycles. The molecule has 2 N–H and O–H groups in total. The summed E-state index contributed by atoms with van der Waals surface area (Å²) in [4.78, 5) is 32.4. The van der Waals surface area contributed by atoms with E-state index < -0.39 is 5.97 Å². The Hall–Kier alpha value is -2.67. The number of amides is 1. The third-order valence-corrected chi connectivity index (χ3v) is 3.72. The van der Waals surface area contributed by atoms with Crippen LogP contribution >= 0.6 is 11.6 Å². The van der Waals surface area contributed by atoms with Gasteiger partial charge in [-0.3, -0.25) is 4.79 Å². The van der Waals surface area contributed by atoms with Gasteiger partial charge in [0.05, 0.1) is 23.4 Å². The second-order valence-electron chi connectivity index (χ2n) is 6.10. The standard InChI is InChI=1S/C18H21ClN4O3/c1-10(2)9-20-17(24)15-8-16(22-11(3)21-15)23-14-7-12(18(25)26-4)5-6-13(14)19/h5-8,10H,9H2,1-4H3,(H,20,24)(H,21,22,23). The highest BCUT2D eigenvalue weighted by molar-refractivity contribution is 6.33. The lowest BCUT2D eigenvalue weighted by molar-refractivity contribution is 0.0600. The average Bonchev–Trinajstić information content (AvgIpc) is 2.60. The molecule has 2 aromatic rings. The predicted octanol–water partition coefficient (Wildman–Crippen LogP) is 3.35. The van der Waals surface area contributed by atoms with Crippen molar-refractivity contribution in [3.63, 3.8) is 0 Å². The van der Waals surface area contributed by atoms with Crippen LogP contribution < -0.4 is 10.6 Å². The fraction of sp³-hybridized carbons (Fsp3) is 0.333. The Morgan fingerprint density at radius 2 is 1.96 bits per heavy atom. The zero-order valence-corrected chi connectivity index (χ0v) is 15.8. The molecule has 0 fully saturated rings. The zero-order chi connectivity index (χ0) is 19.3. The number of aryl methyl sites for hydroxylation is 1. The van der Waals surface area contributed by atoms with E-state index in [1.807, 2.05) is 13.8 Å². The van der Waals surface area contributed by atoms with Crippen molar-refractivity contribution >= 4 is 35.0 Å². The molecule has 2 rings (SSSR count). The van der Waals surface area contributed by atoms with Gasteiger partial charge in [0, 0.05) is 12.6 Å². The van der Waals surface area contributed by atoms with Gasteiger partial charge in [-0.15, -0.1) is 0 Å². The molecule has 138 valence electrons. The lowest BCUT2D eigenvalue weighted by atomic mass is 10.2. The van der Waals surface area contributed by atoms with Crippen molar-refractivity contribution in [2.45, 2.75) is 20.8 Å². The van der Waals surface area contributed by atoms with Crippen LogP contribution in [0.5, 0.6) is 0 Å². The van der Waals surface area contributed by atoms with Crippen LogP contribution in [0.4, 0.5) is 11.5 Å². The number of hydrogen-bond donors (Lipinski definition) is 2. The summed E-state index contributed by atoms with van der Waals surface area (Å²) < 4.78 is 4.71. The number of rotatable bonds is 6. The molecule has 26 heavy (non-hydrogen) atoms. The van der Waals surface area contributed by atoms with E-state index in [0.717, 1.165) is 0 Å². The zero-order valence-electron chi connectivity index (χ0n) is 15.1. The first-order valence-corrected chi connectivity index (χ1v) is 8.46. The number of benzene rings is 1. The van der Waals surface area contributed by atoms with Gasteiger partial charge in [-0.2, -0.15) is 0 Å². The second-order valence-corrected chi connectivity index (χ2v) is 6.51. The van der Waals surface area contributed by atoms with Crippen LogP contribution in [0.1, 0.15) is 40.5 Å². The van der Waals surface area contributed by atoms with E-state index in [4.69, 9.17) is 16.3 Å². The number of ether oxygens (including phenoxy) is 1. The molecule has 0 aliphatic rings. The summed E-state index contributed by atoms with van der Waals surface area (Å²) in [7, 11) is 1.31. The number of carbonyl (C=O) groups excluding carboxylic acids is 2. The molecule has 0 aliphatic carbocycles. The lowest BCUT2D eigenvalue weighted by Crippen LogP contribution is -2.28. The monoisotopic (exact) mass is 376 g/mol. The van der Waals surface area contributed by atoms with Crippen molar-refractivity contribution in [1.29, 1.82) is 0 Å². The Kier molecular flexibility index (Phi) is 6.52. The minimum Gasteiger partial charge on any atom is -0.465 e. The molecule has 0 radical (unpaired) electrons. The van der Waals surface area contributed by atoms with Crippen LogP contribution in [-0.2, 0) is 4.74 Å². The second kappa shape index (κ2) is 8.62. The topological polar surface area (TPSA) is 93.2 Å². The molecule has 1 aromatic heterocycles. The van der Waals surface area contributed by atoms with E-state index in [2.05, 4.69) is 20.6 Å². The fourth-order valence-electron chi connectivity index (χ4n) is 2.14. The minimum absolute atomic E-state index is 0.251. The summed E-state index contributed by atoms with van der Waals surface area (Å²) >= 11 is 6.18. The van der Waals surface area contributed by atoms with E-state index in [9.17, 15) is 9.59 Å². The van der Waals surface area contributed by atoms with Crippen molar-refractivity contribution in [3.05, 3.63) is 46.4 Å². The highest BCUT2D eigenvalue weighted by Crippen LogP contribution is 2.26. The maximum Gasteiger partial charge on any atom is 0.337 e. The van der Waals surface area contributed by atoms with Gasteiger partial charge >= 0.3 is 5.97 Å². The number of aromatic nitrogens is 2. The summed E-state index contributed by atoms with van der Waals surface area (Å²) in [6.45, 7) is 6.26. The Balaban J connectivity index is 2.27. The van der Waals surface area contributed by atoms with Crippen LogP contribution in [-0.4, -0.2) is 35.5 Å². The van der Waals surface area contributed by atoms with Gasteiger partial charge in [0.1, 0.15) is 17.3 Å². The maximum atomic E-state index is 12.2. The third kappa shape index (κ3) is 5.16. The predicted molar refractivity (Wildman–Crippen MR) is 100 cm³/mol. The molecule has 0 spiro atoms. The highest BCUT2D eigenvalue weighted by Gasteiger charge is 2.13. The summed E-state index contributed by atoms with van der Waals surface area (Å²) in [5.41, 5.74) is 1.07. The molecule has 8 heteroatoms. The van der Waals surface area contributed by atoms with Crippen molar-refractivity contribution in [1.82, 2.24) is 15.3 Å². The number of halogens is 1. The fourth-order valence-corrected chi connectivity index (χ4v) is 2.30. The number of carbonyl (C=O) groups is 2. The largest absolute Gasteiger partial charge is 0.465 e. The van der Waals surface area contributed by atoms with Gasteiger partial charge in [0.2, 0.25) is 0 Å². The molecule has 1 amide bonds. The van der Waals surface area contributed by atoms with Crippen LogP contribution in [0.25, 0.3) is 0 Å². The Labute approximate surface area is 157 Å². The molecule has 0 atom stereocenters. The normalized spacial score (nSPS) is 10.5. The van der Waals surface area contributed by atoms with Crippen LogP contribution in [0, 0.1) is 12.8 Å². The maximum absolute atomic E-state index is 12.2. The van der Waals surface area contributed by atoms with Gasteiger partial charge < -0.3 is 15.4 Å². The summed E-state index contributed by atoms with van der Waals surface area (Å²) in [6, 6.07) is 6.24. The van der Waals surface area contributed by atoms with E-state index in [1.54, 1.807) is 25.1 Å². The SMILES string of the molecule is COC(=O)c1ccc(Cl)c(Nc2cc(C(=O)NCC(C)C)nc(C)n2)c1. The van der Waals surface area contributed by atoms with Crippen LogP contribution in [0.2, 0.25) is 5.02 Å². The molecule has 7 nitrogen and oxygen atoms in total. The van der Waals surface area contributed by atoms with Gasteiger partial charge in [0.15, 0.2) is 0 Å². The molecule has 1 heterocycles. The van der Waals surface area contributed by atoms with Crippen LogP contribution in [0.3, 0.4) is 0 Å². The van der Waals surface area contributed by atoms with E-state index in [-0.39, 0.29) is 11.6 Å². The number of nitrogens with zero attached hydrogens (tertiary/aromatic N) is 2. The lowest BCUT2D eigenvalue weighted by Gasteiger charge is -2.12. The van der Waals surface area contributed by atoms with Gasteiger partial charge in [-0.05, 0) is 31.0 Å². The molecule has 0 aliphatic heterocycles. The first-order valence-electron chi connectivity index (χ1n) is 8.09. The minimum atomic E-state index is -0.475. The Morgan fingerprint density at radius 3 is 2.62 bits per heavy atom. The molecule has 0 saturated heterocycles. The molecular formula is C18H21ClN4O3. The Bertz CT molecular complexity index is 824. The summed E-state index contributed by atoms with van der Waals surface area (Å²) in [5.74, 6) is 0.416. The van der Waals surface area contributed by atoms with Gasteiger partial charge in [-0.25, -0.2) is 14.8 Å². The van der Waals surface area contributed by atoms with Crippen molar-refractivity contribution in [2.24, 2.45) is 5.92 Å². The number of methoxy groups -OCH3 is 1. The molecular weight excluding hydrogens is 356 g/mol. The third-order valence-electron chi connectivity index (χ3n) is 3.39. The van der Waals surface area contributed by atoms with E-state index in [0.29, 0.717) is 40.4 Å². The number of esters is 1. The van der Waals surface area contributed by atoms with Crippen molar-refractivity contribution in [2.75, 3.05) is 19.0 Å². The van der Waals surface area contributed by atoms with Crippen molar-refractivity contribution < 1.29 is 14.3 Å². The van der Waals surface area contributed by atoms with Crippen LogP contribution in [0.15, 0.2) is 24.3 Å². The highest BCUT2D eigenvalue weighted by atomic mass is 35.5. The molecule has 0 bridgehead atoms. The quantitative estimate of drug-likeness (QED) is 0.751. The first kappa shape index (κ1) is 19.7. The average molecular weight is 377 g/mol. The number of nitrogens with one attached hydrogen (secondary N) is 2. The van der Waals surface area contributed by atoms with Crippen molar-refractivity contribution in [3.8, 4) is 0 Å². The summed E-state index contributed by atoms with van der Waals surface area (Å²) in [6.07, 6.45) is 0. The van der Waals surface area contributed by atoms with Gasteiger partial charge in [0.25, 0.3) is 5.91 Å². The smallest absolute Gasteiger partial charge is 0.337 e. The first-order chi connectivity index (χ1) is 12.3. The Morgan fingerprint density at radius 1 is 1.23 bits per heavy atom. The summed E-state index contributed by atoms with van der Waals surface area (Å²) in [5, 5.41) is 6.24.